The van der Waals surface area contributed by atoms with E-state index in [1.807, 2.05) is 37.3 Å². The molecule has 0 spiro atoms. The number of ether oxygens (including phenoxy) is 1. The molecule has 1 atom stereocenters. The molecule has 0 radical (unpaired) electrons. The van der Waals surface area contributed by atoms with Gasteiger partial charge in [0, 0.05) is 11.8 Å². The van der Waals surface area contributed by atoms with Crippen LogP contribution >= 0.6 is 0 Å². The standard InChI is InChI=1S/C20H18N6O3/c1-11-8-16(24-18-13(11)4-3-5-15(18)29-2)26-19(12(9-21)10-22-26)25-20(28)14-6-7-17(27)23-14/h3-5,8,10,14H,6-7H2,1-2H3,(H,23,27)(H,25,28). The maximum absolute atomic E-state index is 12.6. The number of hydrogen-bond donors (Lipinski definition) is 2. The van der Waals surface area contributed by atoms with Crippen molar-refractivity contribution in [2.24, 2.45) is 0 Å². The molecule has 9 nitrogen and oxygen atoms in total. The van der Waals surface area contributed by atoms with E-state index in [1.54, 1.807) is 7.11 Å². The Morgan fingerprint density at radius 3 is 2.97 bits per heavy atom. The van der Waals surface area contributed by atoms with Gasteiger partial charge in [-0.3, -0.25) is 9.59 Å². The van der Waals surface area contributed by atoms with E-state index in [1.165, 1.54) is 10.9 Å². The molecule has 1 fully saturated rings. The van der Waals surface area contributed by atoms with Crippen molar-refractivity contribution < 1.29 is 14.3 Å². The van der Waals surface area contributed by atoms with Crippen LogP contribution in [0.15, 0.2) is 30.5 Å². The number of aromatic nitrogens is 3. The van der Waals surface area contributed by atoms with Crippen LogP contribution in [0.2, 0.25) is 0 Å². The number of benzene rings is 1. The number of carbonyl (C=O) groups excluding carboxylic acids is 2. The number of pyridine rings is 1. The van der Waals surface area contributed by atoms with Gasteiger partial charge in [0.2, 0.25) is 11.8 Å². The lowest BCUT2D eigenvalue weighted by molar-refractivity contribution is -0.122. The predicted octanol–water partition coefficient (Wildman–Crippen LogP) is 1.83. The van der Waals surface area contributed by atoms with Crippen molar-refractivity contribution in [2.45, 2.75) is 25.8 Å². The van der Waals surface area contributed by atoms with Crippen LogP contribution in [-0.2, 0) is 9.59 Å². The Labute approximate surface area is 166 Å². The van der Waals surface area contributed by atoms with Gasteiger partial charge in [0.05, 0.1) is 13.3 Å². The number of methoxy groups -OCH3 is 1. The summed E-state index contributed by atoms with van der Waals surface area (Å²) in [6.45, 7) is 1.94. The van der Waals surface area contributed by atoms with Gasteiger partial charge >= 0.3 is 0 Å². The molecule has 0 aliphatic carbocycles. The van der Waals surface area contributed by atoms with Gasteiger partial charge in [-0.2, -0.15) is 15.0 Å². The second-order valence-electron chi connectivity index (χ2n) is 6.73. The predicted molar refractivity (Wildman–Crippen MR) is 105 cm³/mol. The minimum atomic E-state index is -0.635. The van der Waals surface area contributed by atoms with Crippen LogP contribution in [0.3, 0.4) is 0 Å². The SMILES string of the molecule is COc1cccc2c(C)cc(-n3ncc(C#N)c3NC(=O)C3CCC(=O)N3)nc12. The molecule has 2 N–H and O–H groups in total. The lowest BCUT2D eigenvalue weighted by atomic mass is 10.1. The topological polar surface area (TPSA) is 122 Å². The van der Waals surface area contributed by atoms with Crippen LogP contribution in [0.25, 0.3) is 16.7 Å². The summed E-state index contributed by atoms with van der Waals surface area (Å²) in [5.41, 5.74) is 1.79. The van der Waals surface area contributed by atoms with Gasteiger partial charge in [0.1, 0.15) is 28.9 Å². The molecule has 4 rings (SSSR count). The summed E-state index contributed by atoms with van der Waals surface area (Å²) in [5.74, 6) is 0.688. The lowest BCUT2D eigenvalue weighted by Crippen LogP contribution is -2.37. The minimum absolute atomic E-state index is 0.168. The number of anilines is 1. The zero-order chi connectivity index (χ0) is 20.5. The molecule has 29 heavy (non-hydrogen) atoms. The highest BCUT2D eigenvalue weighted by Gasteiger charge is 2.29. The van der Waals surface area contributed by atoms with Gasteiger partial charge in [-0.25, -0.2) is 4.98 Å². The van der Waals surface area contributed by atoms with Crippen LogP contribution < -0.4 is 15.4 Å². The molecule has 3 aromatic rings. The Balaban J connectivity index is 1.78. The number of para-hydroxylation sites is 1. The zero-order valence-electron chi connectivity index (χ0n) is 15.9. The highest BCUT2D eigenvalue weighted by atomic mass is 16.5. The van der Waals surface area contributed by atoms with Gasteiger partial charge < -0.3 is 15.4 Å². The fraction of sp³-hybridized carbons (Fsp3) is 0.250. The smallest absolute Gasteiger partial charge is 0.248 e. The molecular formula is C20H18N6O3. The van der Waals surface area contributed by atoms with Gasteiger partial charge in [-0.1, -0.05) is 12.1 Å². The van der Waals surface area contributed by atoms with Crippen LogP contribution in [-0.4, -0.2) is 39.7 Å². The van der Waals surface area contributed by atoms with E-state index in [0.717, 1.165) is 10.9 Å². The number of fused-ring (bicyclic) bond motifs is 1. The first-order valence-electron chi connectivity index (χ1n) is 9.05. The third-order valence-electron chi connectivity index (χ3n) is 4.88. The summed E-state index contributed by atoms with van der Waals surface area (Å²) in [4.78, 5) is 28.6. The highest BCUT2D eigenvalue weighted by molar-refractivity contribution is 5.99. The number of carbonyl (C=O) groups is 2. The molecule has 1 unspecified atom stereocenters. The van der Waals surface area contributed by atoms with Crippen molar-refractivity contribution >= 4 is 28.5 Å². The monoisotopic (exact) mass is 390 g/mol. The summed E-state index contributed by atoms with van der Waals surface area (Å²) >= 11 is 0. The van der Waals surface area contributed by atoms with E-state index < -0.39 is 11.9 Å². The first-order chi connectivity index (χ1) is 14.0. The molecule has 1 aliphatic heterocycles. The molecule has 1 saturated heterocycles. The normalized spacial score (nSPS) is 15.8. The Hall–Kier alpha value is -3.93. The van der Waals surface area contributed by atoms with Crippen molar-refractivity contribution in [3.8, 4) is 17.6 Å². The summed E-state index contributed by atoms with van der Waals surface area (Å²) in [6.07, 6.45) is 2.07. The van der Waals surface area contributed by atoms with Crippen LogP contribution in [0.4, 0.5) is 5.82 Å². The molecule has 3 heterocycles. The fourth-order valence-electron chi connectivity index (χ4n) is 3.39. The quantitative estimate of drug-likeness (QED) is 0.701. The van der Waals surface area contributed by atoms with Crippen molar-refractivity contribution in [1.82, 2.24) is 20.1 Å². The van der Waals surface area contributed by atoms with E-state index in [9.17, 15) is 14.9 Å². The summed E-state index contributed by atoms with van der Waals surface area (Å²) in [6, 6.07) is 8.86. The second kappa shape index (κ2) is 7.24. The number of nitriles is 1. The van der Waals surface area contributed by atoms with E-state index in [0.29, 0.717) is 29.9 Å². The molecular weight excluding hydrogens is 372 g/mol. The van der Waals surface area contributed by atoms with Crippen molar-refractivity contribution in [3.05, 3.63) is 41.6 Å². The van der Waals surface area contributed by atoms with Crippen molar-refractivity contribution in [1.29, 1.82) is 5.26 Å². The molecule has 1 aromatic carbocycles. The summed E-state index contributed by atoms with van der Waals surface area (Å²) in [5, 5.41) is 20.0. The fourth-order valence-corrected chi connectivity index (χ4v) is 3.39. The van der Waals surface area contributed by atoms with Gasteiger partial charge in [-0.05, 0) is 31.0 Å². The van der Waals surface area contributed by atoms with E-state index >= 15 is 0 Å². The number of nitrogens with zero attached hydrogens (tertiary/aromatic N) is 4. The first-order valence-corrected chi connectivity index (χ1v) is 9.05. The minimum Gasteiger partial charge on any atom is -0.494 e. The Bertz CT molecular complexity index is 1180. The zero-order valence-corrected chi connectivity index (χ0v) is 15.9. The molecule has 0 saturated carbocycles. The molecule has 146 valence electrons. The van der Waals surface area contributed by atoms with Crippen LogP contribution in [0.5, 0.6) is 5.75 Å². The third kappa shape index (κ3) is 3.25. The Morgan fingerprint density at radius 1 is 1.45 bits per heavy atom. The Morgan fingerprint density at radius 2 is 2.28 bits per heavy atom. The third-order valence-corrected chi connectivity index (χ3v) is 4.88. The van der Waals surface area contributed by atoms with Crippen LogP contribution in [0, 0.1) is 18.3 Å². The van der Waals surface area contributed by atoms with Crippen molar-refractivity contribution in [2.75, 3.05) is 12.4 Å². The van der Waals surface area contributed by atoms with Crippen molar-refractivity contribution in [3.63, 3.8) is 0 Å². The van der Waals surface area contributed by atoms with E-state index in [2.05, 4.69) is 20.7 Å². The van der Waals surface area contributed by atoms with Gasteiger partial charge in [0.15, 0.2) is 11.6 Å². The number of aryl methyl sites for hydroxylation is 1. The van der Waals surface area contributed by atoms with E-state index in [4.69, 9.17) is 4.74 Å². The number of amides is 2. The molecule has 2 amide bonds. The largest absolute Gasteiger partial charge is 0.494 e. The maximum atomic E-state index is 12.6. The summed E-state index contributed by atoms with van der Waals surface area (Å²) in [7, 11) is 1.57. The Kier molecular flexibility index (Phi) is 4.60. The molecule has 0 bridgehead atoms. The number of rotatable bonds is 4. The lowest BCUT2D eigenvalue weighted by Gasteiger charge is -2.14. The van der Waals surface area contributed by atoms with E-state index in [-0.39, 0.29) is 17.3 Å². The maximum Gasteiger partial charge on any atom is 0.248 e. The molecule has 1 aliphatic rings. The highest BCUT2D eigenvalue weighted by Crippen LogP contribution is 2.29. The van der Waals surface area contributed by atoms with Crippen LogP contribution in [0.1, 0.15) is 24.0 Å². The average Bonchev–Trinajstić information content (AvgIpc) is 3.33. The molecule has 9 heteroatoms. The average molecular weight is 390 g/mol. The number of nitrogens with one attached hydrogen (secondary N) is 2. The number of hydrogen-bond acceptors (Lipinski definition) is 6. The van der Waals surface area contributed by atoms with Gasteiger partial charge in [0.25, 0.3) is 0 Å². The van der Waals surface area contributed by atoms with Gasteiger partial charge in [-0.15, -0.1) is 0 Å². The first kappa shape index (κ1) is 18.4. The summed E-state index contributed by atoms with van der Waals surface area (Å²) < 4.78 is 6.83. The second-order valence-corrected chi connectivity index (χ2v) is 6.73. The molecule has 2 aromatic heterocycles.